The average molecular weight is 236 g/mol. The smallest absolute Gasteiger partial charge is 0.255 e. The first-order chi connectivity index (χ1) is 7.70. The number of aromatic nitrogens is 2. The van der Waals surface area contributed by atoms with E-state index in [1.807, 2.05) is 0 Å². The molecule has 82 valence electrons. The Morgan fingerprint density at radius 3 is 2.75 bits per heavy atom. The zero-order chi connectivity index (χ0) is 11.5. The van der Waals surface area contributed by atoms with Crippen molar-refractivity contribution in [2.24, 2.45) is 0 Å². The van der Waals surface area contributed by atoms with Gasteiger partial charge in [0.15, 0.2) is 0 Å². The highest BCUT2D eigenvalue weighted by Crippen LogP contribution is 2.10. The molecule has 4 nitrogen and oxygen atoms in total. The van der Waals surface area contributed by atoms with E-state index < -0.39 is 0 Å². The zero-order valence-corrected chi connectivity index (χ0v) is 9.40. The van der Waals surface area contributed by atoms with E-state index in [0.29, 0.717) is 10.7 Å². The van der Waals surface area contributed by atoms with Crippen molar-refractivity contribution in [1.29, 1.82) is 0 Å². The fourth-order valence-electron chi connectivity index (χ4n) is 1.34. The van der Waals surface area contributed by atoms with E-state index in [1.54, 1.807) is 37.6 Å². The van der Waals surface area contributed by atoms with Crippen LogP contribution in [0.5, 0.6) is 0 Å². The standard InChI is InChI=1S/C11H10ClN3O/c1-13-10-4-3-9(6-14-10)15-7-8(12)2-5-11(15)16/h2-7H,1H3,(H,13,14). The Morgan fingerprint density at radius 1 is 1.31 bits per heavy atom. The number of rotatable bonds is 2. The topological polar surface area (TPSA) is 46.9 Å². The Hall–Kier alpha value is -1.81. The summed E-state index contributed by atoms with van der Waals surface area (Å²) in [6.07, 6.45) is 3.18. The van der Waals surface area contributed by atoms with Crippen LogP contribution in [0.1, 0.15) is 0 Å². The van der Waals surface area contributed by atoms with Gasteiger partial charge in [-0.05, 0) is 18.2 Å². The van der Waals surface area contributed by atoms with E-state index in [1.165, 1.54) is 10.6 Å². The quantitative estimate of drug-likeness (QED) is 0.865. The van der Waals surface area contributed by atoms with Crippen LogP contribution < -0.4 is 10.9 Å². The summed E-state index contributed by atoms with van der Waals surface area (Å²) >= 11 is 5.83. The van der Waals surface area contributed by atoms with Gasteiger partial charge in [-0.3, -0.25) is 9.36 Å². The van der Waals surface area contributed by atoms with Crippen molar-refractivity contribution in [3.05, 3.63) is 52.0 Å². The summed E-state index contributed by atoms with van der Waals surface area (Å²) in [5.41, 5.74) is 0.551. The van der Waals surface area contributed by atoms with Crippen LogP contribution in [0.3, 0.4) is 0 Å². The zero-order valence-electron chi connectivity index (χ0n) is 8.64. The summed E-state index contributed by atoms with van der Waals surface area (Å²) < 4.78 is 1.45. The fraction of sp³-hybridized carbons (Fsp3) is 0.0909. The Labute approximate surface area is 97.5 Å². The molecule has 0 aliphatic carbocycles. The van der Waals surface area contributed by atoms with Gasteiger partial charge in [-0.2, -0.15) is 0 Å². The molecule has 0 unspecified atom stereocenters. The van der Waals surface area contributed by atoms with Crippen molar-refractivity contribution >= 4 is 17.4 Å². The summed E-state index contributed by atoms with van der Waals surface area (Å²) in [7, 11) is 1.79. The predicted octanol–water partition coefficient (Wildman–Crippen LogP) is 1.93. The monoisotopic (exact) mass is 235 g/mol. The number of nitrogens with zero attached hydrogens (tertiary/aromatic N) is 2. The second-order valence-corrected chi connectivity index (χ2v) is 3.64. The van der Waals surface area contributed by atoms with E-state index in [9.17, 15) is 4.79 Å². The van der Waals surface area contributed by atoms with E-state index in [-0.39, 0.29) is 5.56 Å². The average Bonchev–Trinajstić information content (AvgIpc) is 2.32. The lowest BCUT2D eigenvalue weighted by Crippen LogP contribution is -2.16. The molecule has 2 aromatic heterocycles. The molecule has 0 saturated heterocycles. The van der Waals surface area contributed by atoms with E-state index in [4.69, 9.17) is 11.6 Å². The number of hydrogen-bond acceptors (Lipinski definition) is 3. The molecule has 0 saturated carbocycles. The molecular weight excluding hydrogens is 226 g/mol. The second-order valence-electron chi connectivity index (χ2n) is 3.21. The molecular formula is C11H10ClN3O. The Kier molecular flexibility index (Phi) is 2.92. The first-order valence-electron chi connectivity index (χ1n) is 4.73. The number of nitrogens with one attached hydrogen (secondary N) is 1. The molecule has 0 amide bonds. The summed E-state index contributed by atoms with van der Waals surface area (Å²) in [5.74, 6) is 0.749. The largest absolute Gasteiger partial charge is 0.373 e. The summed E-state index contributed by atoms with van der Waals surface area (Å²) in [5, 5.41) is 3.42. The third-order valence-electron chi connectivity index (χ3n) is 2.16. The maximum Gasteiger partial charge on any atom is 0.255 e. The van der Waals surface area contributed by atoms with Gasteiger partial charge in [0.2, 0.25) is 0 Å². The predicted molar refractivity (Wildman–Crippen MR) is 64.4 cm³/mol. The molecule has 0 bridgehead atoms. The molecule has 0 spiro atoms. The summed E-state index contributed by atoms with van der Waals surface area (Å²) in [4.78, 5) is 15.7. The summed E-state index contributed by atoms with van der Waals surface area (Å²) in [6, 6.07) is 6.59. The van der Waals surface area contributed by atoms with Gasteiger partial charge >= 0.3 is 0 Å². The molecule has 0 aromatic carbocycles. The van der Waals surface area contributed by atoms with Gasteiger partial charge in [0, 0.05) is 19.3 Å². The minimum absolute atomic E-state index is 0.136. The second kappa shape index (κ2) is 4.37. The lowest BCUT2D eigenvalue weighted by Gasteiger charge is -2.06. The first-order valence-corrected chi connectivity index (χ1v) is 5.11. The Bertz CT molecular complexity index is 548. The molecule has 2 aromatic rings. The van der Waals surface area contributed by atoms with Crippen molar-refractivity contribution < 1.29 is 0 Å². The summed E-state index contributed by atoms with van der Waals surface area (Å²) in [6.45, 7) is 0. The minimum atomic E-state index is -0.136. The molecule has 0 fully saturated rings. The van der Waals surface area contributed by atoms with E-state index >= 15 is 0 Å². The first kappa shape index (κ1) is 10.7. The molecule has 2 heterocycles. The van der Waals surface area contributed by atoms with Crippen molar-refractivity contribution in [2.75, 3.05) is 12.4 Å². The van der Waals surface area contributed by atoms with Crippen LogP contribution in [-0.4, -0.2) is 16.6 Å². The van der Waals surface area contributed by atoms with Crippen LogP contribution in [0.15, 0.2) is 41.5 Å². The highest BCUT2D eigenvalue weighted by molar-refractivity contribution is 6.30. The third-order valence-corrected chi connectivity index (χ3v) is 2.38. The third kappa shape index (κ3) is 2.06. The number of pyridine rings is 2. The lowest BCUT2D eigenvalue weighted by molar-refractivity contribution is 0.979. The maximum atomic E-state index is 11.6. The van der Waals surface area contributed by atoms with Crippen molar-refractivity contribution in [2.45, 2.75) is 0 Å². The minimum Gasteiger partial charge on any atom is -0.373 e. The van der Waals surface area contributed by atoms with Crippen LogP contribution in [0.25, 0.3) is 5.69 Å². The van der Waals surface area contributed by atoms with Gasteiger partial charge in [-0.15, -0.1) is 0 Å². The molecule has 0 aliphatic heterocycles. The normalized spacial score (nSPS) is 10.1. The lowest BCUT2D eigenvalue weighted by atomic mass is 10.3. The number of anilines is 1. The Balaban J connectivity index is 2.50. The maximum absolute atomic E-state index is 11.6. The highest BCUT2D eigenvalue weighted by Gasteiger charge is 2.00. The van der Waals surface area contributed by atoms with Gasteiger partial charge in [0.25, 0.3) is 5.56 Å². The van der Waals surface area contributed by atoms with Crippen LogP contribution >= 0.6 is 11.6 Å². The SMILES string of the molecule is CNc1ccc(-n2cc(Cl)ccc2=O)cn1. The molecule has 2 rings (SSSR count). The molecule has 16 heavy (non-hydrogen) atoms. The molecule has 0 atom stereocenters. The van der Waals surface area contributed by atoms with Crippen LogP contribution in [-0.2, 0) is 0 Å². The number of halogens is 1. The molecule has 5 heteroatoms. The molecule has 0 radical (unpaired) electrons. The van der Waals surface area contributed by atoms with Crippen molar-refractivity contribution in [3.8, 4) is 5.69 Å². The van der Waals surface area contributed by atoms with Crippen molar-refractivity contribution in [1.82, 2.24) is 9.55 Å². The molecule has 0 aliphatic rings. The van der Waals surface area contributed by atoms with E-state index in [0.717, 1.165) is 5.82 Å². The van der Waals surface area contributed by atoms with Gasteiger partial charge in [0.05, 0.1) is 16.9 Å². The number of hydrogen-bond donors (Lipinski definition) is 1. The van der Waals surface area contributed by atoms with Crippen LogP contribution in [0, 0.1) is 0 Å². The molecule has 1 N–H and O–H groups in total. The van der Waals surface area contributed by atoms with Gasteiger partial charge in [-0.25, -0.2) is 4.98 Å². The van der Waals surface area contributed by atoms with Crippen molar-refractivity contribution in [3.63, 3.8) is 0 Å². The van der Waals surface area contributed by atoms with E-state index in [2.05, 4.69) is 10.3 Å². The highest BCUT2D eigenvalue weighted by atomic mass is 35.5. The Morgan fingerprint density at radius 2 is 2.12 bits per heavy atom. The van der Waals surface area contributed by atoms with Gasteiger partial charge < -0.3 is 5.32 Å². The van der Waals surface area contributed by atoms with Crippen LogP contribution in [0.4, 0.5) is 5.82 Å². The fourth-order valence-corrected chi connectivity index (χ4v) is 1.50. The van der Waals surface area contributed by atoms with Gasteiger partial charge in [0.1, 0.15) is 5.82 Å². The van der Waals surface area contributed by atoms with Crippen LogP contribution in [0.2, 0.25) is 5.02 Å². The van der Waals surface area contributed by atoms with Gasteiger partial charge in [-0.1, -0.05) is 11.6 Å².